The fourth-order valence-corrected chi connectivity index (χ4v) is 4.41. The molecule has 39 heavy (non-hydrogen) atoms. The molecule has 3 aromatic rings. The number of carbonyl (C=O) groups excluding carboxylic acids is 4. The fourth-order valence-electron chi connectivity index (χ4n) is 3.67. The molecule has 200 valence electrons. The first-order valence-corrected chi connectivity index (χ1v) is 12.3. The molecule has 0 spiro atoms. The molecule has 4 amide bonds. The first-order chi connectivity index (χ1) is 18.6. The summed E-state index contributed by atoms with van der Waals surface area (Å²) in [6.45, 7) is 0.0687. The minimum atomic E-state index is -0.937. The number of urea groups is 1. The molecule has 1 aliphatic heterocycles. The van der Waals surface area contributed by atoms with Gasteiger partial charge in [0.25, 0.3) is 11.8 Å². The molecule has 1 N–H and O–H groups in total. The third-order valence-corrected chi connectivity index (χ3v) is 6.47. The number of methoxy groups -OCH3 is 2. The summed E-state index contributed by atoms with van der Waals surface area (Å²) in [4.78, 5) is 50.8. The largest absolute Gasteiger partial charge is 0.493 e. The molecule has 1 saturated heterocycles. The molecule has 1 aliphatic rings. The van der Waals surface area contributed by atoms with Crippen molar-refractivity contribution in [3.8, 4) is 11.5 Å². The van der Waals surface area contributed by atoms with Crippen molar-refractivity contribution in [2.24, 2.45) is 0 Å². The summed E-state index contributed by atoms with van der Waals surface area (Å²) in [7, 11) is 2.64. The van der Waals surface area contributed by atoms with E-state index < -0.39 is 23.8 Å². The van der Waals surface area contributed by atoms with E-state index in [4.69, 9.17) is 44.3 Å². The lowest BCUT2D eigenvalue weighted by molar-refractivity contribution is -0.122. The van der Waals surface area contributed by atoms with Crippen molar-refractivity contribution in [1.82, 2.24) is 5.32 Å². The Labute approximate surface area is 237 Å². The summed E-state index contributed by atoms with van der Waals surface area (Å²) in [5, 5.41) is 3.18. The molecular formula is C27H19Cl3N2O7. The van der Waals surface area contributed by atoms with Gasteiger partial charge in [0.15, 0.2) is 11.5 Å². The number of halogens is 3. The van der Waals surface area contributed by atoms with Gasteiger partial charge < -0.3 is 14.2 Å². The Hall–Kier alpha value is -4.05. The van der Waals surface area contributed by atoms with Gasteiger partial charge in [-0.25, -0.2) is 14.5 Å². The van der Waals surface area contributed by atoms with E-state index in [2.05, 4.69) is 10.1 Å². The summed E-state index contributed by atoms with van der Waals surface area (Å²) in [6.07, 6.45) is 1.27. The molecule has 1 fully saturated rings. The number of rotatable bonds is 7. The maximum atomic E-state index is 13.2. The molecule has 0 atom stereocenters. The lowest BCUT2D eigenvalue weighted by atomic mass is 10.1. The number of imide groups is 2. The third-order valence-electron chi connectivity index (χ3n) is 5.60. The van der Waals surface area contributed by atoms with Crippen LogP contribution in [0.4, 0.5) is 10.5 Å². The highest BCUT2D eigenvalue weighted by Gasteiger charge is 2.37. The van der Waals surface area contributed by atoms with Gasteiger partial charge in [-0.15, -0.1) is 0 Å². The van der Waals surface area contributed by atoms with E-state index in [1.807, 2.05) is 0 Å². The number of esters is 1. The van der Waals surface area contributed by atoms with Crippen LogP contribution in [0, 0.1) is 0 Å². The Morgan fingerprint density at radius 2 is 1.67 bits per heavy atom. The predicted octanol–water partition coefficient (Wildman–Crippen LogP) is 5.69. The monoisotopic (exact) mass is 588 g/mol. The average Bonchev–Trinajstić information content (AvgIpc) is 2.91. The van der Waals surface area contributed by atoms with Crippen molar-refractivity contribution < 1.29 is 33.4 Å². The zero-order valence-electron chi connectivity index (χ0n) is 20.4. The van der Waals surface area contributed by atoms with Crippen LogP contribution in [0.15, 0.2) is 60.2 Å². The standard InChI is InChI=1S/C27H19Cl3N2O7/c1-37-22-11-14(10-21(30)23(22)39-13-16-3-6-17(28)12-20(16)29)9-19-24(33)31-27(36)32(25(19)34)18-7-4-15(5-8-18)26(35)38-2/h3-12H,13H2,1-2H3,(H,31,33,36)/b19-9+. The van der Waals surface area contributed by atoms with Gasteiger partial charge in [-0.05, 0) is 60.2 Å². The first kappa shape index (κ1) is 28.0. The van der Waals surface area contributed by atoms with E-state index in [0.717, 1.165) is 4.90 Å². The van der Waals surface area contributed by atoms with Gasteiger partial charge in [0.05, 0.1) is 30.5 Å². The number of benzene rings is 3. The van der Waals surface area contributed by atoms with Crippen LogP contribution < -0.4 is 19.7 Å². The highest BCUT2D eigenvalue weighted by atomic mass is 35.5. The van der Waals surface area contributed by atoms with Crippen LogP contribution in [0.25, 0.3) is 6.08 Å². The minimum Gasteiger partial charge on any atom is -0.493 e. The number of anilines is 1. The zero-order chi connectivity index (χ0) is 28.3. The van der Waals surface area contributed by atoms with Crippen LogP contribution in [0.3, 0.4) is 0 Å². The van der Waals surface area contributed by atoms with E-state index in [1.165, 1.54) is 56.7 Å². The summed E-state index contributed by atoms with van der Waals surface area (Å²) < 4.78 is 15.9. The number of carbonyl (C=O) groups is 4. The molecule has 1 heterocycles. The molecule has 0 unspecified atom stereocenters. The van der Waals surface area contributed by atoms with Crippen molar-refractivity contribution in [1.29, 1.82) is 0 Å². The molecule has 3 aromatic carbocycles. The average molecular weight is 590 g/mol. The highest BCUT2D eigenvalue weighted by molar-refractivity contribution is 6.39. The molecule has 9 nitrogen and oxygen atoms in total. The van der Waals surface area contributed by atoms with Crippen molar-refractivity contribution in [3.05, 3.63) is 91.9 Å². The van der Waals surface area contributed by atoms with Crippen molar-refractivity contribution in [2.75, 3.05) is 19.1 Å². The number of nitrogens with zero attached hydrogens (tertiary/aromatic N) is 1. The lowest BCUT2D eigenvalue weighted by Crippen LogP contribution is -2.54. The zero-order valence-corrected chi connectivity index (χ0v) is 22.7. The normalized spacial score (nSPS) is 14.3. The second-order valence-corrected chi connectivity index (χ2v) is 9.31. The van der Waals surface area contributed by atoms with Gasteiger partial charge in [-0.1, -0.05) is 40.9 Å². The SMILES string of the molecule is COC(=O)c1ccc(N2C(=O)NC(=O)/C(=C\c3cc(Cl)c(OCc4ccc(Cl)cc4Cl)c(OC)c3)C2=O)cc1. The van der Waals surface area contributed by atoms with Gasteiger partial charge in [-0.2, -0.15) is 0 Å². The summed E-state index contributed by atoms with van der Waals surface area (Å²) >= 11 is 18.6. The minimum absolute atomic E-state index is 0.0687. The Bertz CT molecular complexity index is 1520. The molecule has 0 aliphatic carbocycles. The van der Waals surface area contributed by atoms with Crippen LogP contribution in [0.1, 0.15) is 21.5 Å². The van der Waals surface area contributed by atoms with E-state index >= 15 is 0 Å². The number of ether oxygens (including phenoxy) is 3. The number of hydrogen-bond acceptors (Lipinski definition) is 7. The summed E-state index contributed by atoms with van der Waals surface area (Å²) in [5.41, 5.74) is 1.04. The van der Waals surface area contributed by atoms with E-state index in [1.54, 1.807) is 18.2 Å². The fraction of sp³-hybridized carbons (Fsp3) is 0.111. The van der Waals surface area contributed by atoms with Gasteiger partial charge in [-0.3, -0.25) is 14.9 Å². The van der Waals surface area contributed by atoms with E-state index in [0.29, 0.717) is 21.2 Å². The second-order valence-electron chi connectivity index (χ2n) is 8.05. The molecular weight excluding hydrogens is 571 g/mol. The third kappa shape index (κ3) is 6.01. The smallest absolute Gasteiger partial charge is 0.337 e. The Balaban J connectivity index is 1.62. The number of amides is 4. The van der Waals surface area contributed by atoms with E-state index in [-0.39, 0.29) is 40.0 Å². The molecule has 0 bridgehead atoms. The van der Waals surface area contributed by atoms with Crippen LogP contribution in [-0.2, 0) is 20.9 Å². The van der Waals surface area contributed by atoms with Crippen molar-refractivity contribution in [2.45, 2.75) is 6.61 Å². The van der Waals surface area contributed by atoms with Gasteiger partial charge >= 0.3 is 12.0 Å². The van der Waals surface area contributed by atoms with Crippen LogP contribution in [0.2, 0.25) is 15.1 Å². The van der Waals surface area contributed by atoms with Gasteiger partial charge in [0.2, 0.25) is 0 Å². The van der Waals surface area contributed by atoms with Crippen LogP contribution in [0.5, 0.6) is 11.5 Å². The number of barbiturate groups is 1. The Morgan fingerprint density at radius 3 is 2.31 bits per heavy atom. The maximum absolute atomic E-state index is 13.2. The topological polar surface area (TPSA) is 111 Å². The van der Waals surface area contributed by atoms with Crippen LogP contribution >= 0.6 is 34.8 Å². The highest BCUT2D eigenvalue weighted by Crippen LogP contribution is 2.38. The first-order valence-electron chi connectivity index (χ1n) is 11.2. The molecule has 0 saturated carbocycles. The van der Waals surface area contributed by atoms with Crippen molar-refractivity contribution >= 4 is 70.4 Å². The predicted molar refractivity (Wildman–Crippen MR) is 146 cm³/mol. The van der Waals surface area contributed by atoms with Gasteiger partial charge in [0.1, 0.15) is 12.2 Å². The lowest BCUT2D eigenvalue weighted by Gasteiger charge is -2.26. The second kappa shape index (κ2) is 11.8. The summed E-state index contributed by atoms with van der Waals surface area (Å²) in [6, 6.07) is 12.6. The quantitative estimate of drug-likeness (QED) is 0.214. The molecule has 12 heteroatoms. The molecule has 0 radical (unpaired) electrons. The number of hydrogen-bond donors (Lipinski definition) is 1. The van der Waals surface area contributed by atoms with Crippen LogP contribution in [-0.4, -0.2) is 38.0 Å². The van der Waals surface area contributed by atoms with Gasteiger partial charge in [0, 0.05) is 15.6 Å². The maximum Gasteiger partial charge on any atom is 0.337 e. The summed E-state index contributed by atoms with van der Waals surface area (Å²) in [5.74, 6) is -1.90. The number of nitrogens with one attached hydrogen (secondary N) is 1. The van der Waals surface area contributed by atoms with Crippen molar-refractivity contribution in [3.63, 3.8) is 0 Å². The Kier molecular flexibility index (Phi) is 8.44. The Morgan fingerprint density at radius 1 is 0.949 bits per heavy atom. The molecule has 0 aromatic heterocycles. The molecule has 4 rings (SSSR count). The van der Waals surface area contributed by atoms with E-state index in [9.17, 15) is 19.2 Å².